The van der Waals surface area contributed by atoms with Gasteiger partial charge in [0.15, 0.2) is 0 Å². The highest BCUT2D eigenvalue weighted by atomic mass is 79.9. The Balaban J connectivity index is 3.13. The molecule has 0 aliphatic rings. The maximum Gasteiger partial charge on any atom is 0.0178 e. The lowest BCUT2D eigenvalue weighted by Gasteiger charge is -2.08. The molecule has 11 heavy (non-hydrogen) atoms. The highest BCUT2D eigenvalue weighted by molar-refractivity contribution is 9.10. The maximum atomic E-state index is 3.45. The number of rotatable bonds is 1. The first-order chi connectivity index (χ1) is 5.11. The Morgan fingerprint density at radius 1 is 1.27 bits per heavy atom. The van der Waals surface area contributed by atoms with Crippen molar-refractivity contribution in [3.8, 4) is 0 Å². The van der Waals surface area contributed by atoms with Gasteiger partial charge in [0.2, 0.25) is 0 Å². The van der Waals surface area contributed by atoms with Crippen LogP contribution in [-0.2, 0) is 0 Å². The van der Waals surface area contributed by atoms with E-state index < -0.39 is 0 Å². The smallest absolute Gasteiger partial charge is 0.0178 e. The summed E-state index contributed by atoms with van der Waals surface area (Å²) >= 11 is 3.45. The number of halogens is 1. The zero-order chi connectivity index (χ0) is 8.43. The van der Waals surface area contributed by atoms with Crippen LogP contribution in [0.1, 0.15) is 25.0 Å². The molecule has 0 fully saturated rings. The fraction of sp³-hybridized carbons (Fsp3) is 0.300. The first-order valence-electron chi connectivity index (χ1n) is 3.68. The summed E-state index contributed by atoms with van der Waals surface area (Å²) in [6.07, 6.45) is 0. The third-order valence-corrected chi connectivity index (χ3v) is 2.23. The minimum Gasteiger partial charge on any atom is -0.0579 e. The molecule has 0 bridgehead atoms. The summed E-state index contributed by atoms with van der Waals surface area (Å²) in [5, 5.41) is 0. The Hall–Kier alpha value is -0.300. The average molecular weight is 212 g/mol. The standard InChI is InChI=1S/C10H12Br/c1-7(2)10-6-9(11)5-4-8(10)3/h4-6H,1-3H3. The van der Waals surface area contributed by atoms with Gasteiger partial charge in [-0.05, 0) is 36.1 Å². The lowest BCUT2D eigenvalue weighted by Crippen LogP contribution is -1.91. The second kappa shape index (κ2) is 3.40. The molecule has 0 atom stereocenters. The summed E-state index contributed by atoms with van der Waals surface area (Å²) in [6, 6.07) is 6.36. The molecule has 1 aromatic rings. The average Bonchev–Trinajstić information content (AvgIpc) is 1.94. The zero-order valence-electron chi connectivity index (χ0n) is 7.11. The molecule has 0 spiro atoms. The zero-order valence-corrected chi connectivity index (χ0v) is 8.70. The number of hydrogen-bond acceptors (Lipinski definition) is 0. The van der Waals surface area contributed by atoms with Crippen molar-refractivity contribution in [3.63, 3.8) is 0 Å². The molecule has 0 saturated heterocycles. The Morgan fingerprint density at radius 3 is 2.36 bits per heavy atom. The maximum absolute atomic E-state index is 3.45. The second-order valence-corrected chi connectivity index (χ2v) is 3.87. The molecular formula is C10H12Br. The summed E-state index contributed by atoms with van der Waals surface area (Å²) in [5.41, 5.74) is 2.69. The molecular weight excluding hydrogens is 200 g/mol. The van der Waals surface area contributed by atoms with E-state index in [9.17, 15) is 0 Å². The van der Waals surface area contributed by atoms with Gasteiger partial charge in [-0.3, -0.25) is 0 Å². The third kappa shape index (κ3) is 2.06. The fourth-order valence-electron chi connectivity index (χ4n) is 1.13. The molecule has 1 rings (SSSR count). The fourth-order valence-corrected chi connectivity index (χ4v) is 1.49. The van der Waals surface area contributed by atoms with Gasteiger partial charge < -0.3 is 0 Å². The molecule has 0 aromatic heterocycles. The monoisotopic (exact) mass is 211 g/mol. The van der Waals surface area contributed by atoms with Crippen LogP contribution < -0.4 is 0 Å². The van der Waals surface area contributed by atoms with Crippen molar-refractivity contribution in [1.82, 2.24) is 0 Å². The molecule has 59 valence electrons. The van der Waals surface area contributed by atoms with Crippen LogP contribution in [-0.4, -0.2) is 0 Å². The van der Waals surface area contributed by atoms with Gasteiger partial charge in [-0.15, -0.1) is 0 Å². The van der Waals surface area contributed by atoms with Crippen LogP contribution in [0.3, 0.4) is 0 Å². The lowest BCUT2D eigenvalue weighted by atomic mass is 9.98. The van der Waals surface area contributed by atoms with Crippen molar-refractivity contribution < 1.29 is 0 Å². The van der Waals surface area contributed by atoms with E-state index in [0.29, 0.717) is 0 Å². The third-order valence-electron chi connectivity index (χ3n) is 1.74. The Kier molecular flexibility index (Phi) is 2.72. The quantitative estimate of drug-likeness (QED) is 0.665. The summed E-state index contributed by atoms with van der Waals surface area (Å²) in [4.78, 5) is 0. The summed E-state index contributed by atoms with van der Waals surface area (Å²) in [7, 11) is 0. The predicted molar refractivity (Wildman–Crippen MR) is 52.6 cm³/mol. The molecule has 0 saturated carbocycles. The van der Waals surface area contributed by atoms with Gasteiger partial charge in [0, 0.05) is 4.47 Å². The highest BCUT2D eigenvalue weighted by Crippen LogP contribution is 2.22. The highest BCUT2D eigenvalue weighted by Gasteiger charge is 2.02. The molecule has 0 N–H and O–H groups in total. The molecule has 1 aromatic carbocycles. The normalized spacial score (nSPS) is 10.6. The lowest BCUT2D eigenvalue weighted by molar-refractivity contribution is 1.12. The van der Waals surface area contributed by atoms with E-state index in [1.807, 2.05) is 0 Å². The summed E-state index contributed by atoms with van der Waals surface area (Å²) in [6.45, 7) is 6.40. The van der Waals surface area contributed by atoms with Crippen LogP contribution >= 0.6 is 15.9 Å². The molecule has 0 aliphatic heterocycles. The van der Waals surface area contributed by atoms with E-state index in [0.717, 1.165) is 4.47 Å². The number of aryl methyl sites for hydroxylation is 1. The first-order valence-corrected chi connectivity index (χ1v) is 4.47. The van der Waals surface area contributed by atoms with Gasteiger partial charge in [0.1, 0.15) is 0 Å². The molecule has 0 amide bonds. The van der Waals surface area contributed by atoms with Gasteiger partial charge in [-0.2, -0.15) is 0 Å². The largest absolute Gasteiger partial charge is 0.0579 e. The van der Waals surface area contributed by atoms with Crippen LogP contribution in [0.15, 0.2) is 22.7 Å². The van der Waals surface area contributed by atoms with E-state index >= 15 is 0 Å². The van der Waals surface area contributed by atoms with Crippen molar-refractivity contribution in [2.24, 2.45) is 0 Å². The number of hydrogen-bond donors (Lipinski definition) is 0. The van der Waals surface area contributed by atoms with Crippen molar-refractivity contribution >= 4 is 15.9 Å². The van der Waals surface area contributed by atoms with Gasteiger partial charge >= 0.3 is 0 Å². The predicted octanol–water partition coefficient (Wildman–Crippen LogP) is 3.72. The summed E-state index contributed by atoms with van der Waals surface area (Å²) in [5.74, 6) is 1.36. The van der Waals surface area contributed by atoms with E-state index in [1.54, 1.807) is 0 Å². The Bertz CT molecular complexity index is 251. The van der Waals surface area contributed by atoms with Crippen LogP contribution in [0.5, 0.6) is 0 Å². The minimum absolute atomic E-state index is 1.15. The molecule has 0 aliphatic carbocycles. The topological polar surface area (TPSA) is 0 Å². The Labute approximate surface area is 76.8 Å². The van der Waals surface area contributed by atoms with Crippen LogP contribution in [0, 0.1) is 12.8 Å². The number of benzene rings is 1. The Morgan fingerprint density at radius 2 is 1.91 bits per heavy atom. The van der Waals surface area contributed by atoms with Crippen molar-refractivity contribution in [2.75, 3.05) is 0 Å². The second-order valence-electron chi connectivity index (χ2n) is 2.96. The van der Waals surface area contributed by atoms with E-state index in [4.69, 9.17) is 0 Å². The van der Waals surface area contributed by atoms with Crippen LogP contribution in [0.25, 0.3) is 0 Å². The van der Waals surface area contributed by atoms with E-state index in [1.165, 1.54) is 17.0 Å². The van der Waals surface area contributed by atoms with E-state index in [2.05, 4.69) is 54.9 Å². The van der Waals surface area contributed by atoms with Crippen molar-refractivity contribution in [1.29, 1.82) is 0 Å². The molecule has 0 unspecified atom stereocenters. The van der Waals surface area contributed by atoms with Gasteiger partial charge in [0.25, 0.3) is 0 Å². The summed E-state index contributed by atoms with van der Waals surface area (Å²) < 4.78 is 1.15. The minimum atomic E-state index is 1.15. The first kappa shape index (κ1) is 8.79. The molecule has 0 nitrogen and oxygen atoms in total. The van der Waals surface area contributed by atoms with Gasteiger partial charge in [0.05, 0.1) is 0 Å². The van der Waals surface area contributed by atoms with Crippen LogP contribution in [0.4, 0.5) is 0 Å². The molecule has 1 radical (unpaired) electrons. The van der Waals surface area contributed by atoms with Gasteiger partial charge in [-0.1, -0.05) is 35.8 Å². The van der Waals surface area contributed by atoms with E-state index in [-0.39, 0.29) is 0 Å². The van der Waals surface area contributed by atoms with Crippen molar-refractivity contribution in [3.05, 3.63) is 39.7 Å². The van der Waals surface area contributed by atoms with Gasteiger partial charge in [-0.25, -0.2) is 0 Å². The van der Waals surface area contributed by atoms with Crippen molar-refractivity contribution in [2.45, 2.75) is 20.8 Å². The SMILES string of the molecule is C[C](C)c1cc(Br)ccc1C. The van der Waals surface area contributed by atoms with Crippen LogP contribution in [0.2, 0.25) is 0 Å². The molecule has 1 heteroatoms. The molecule has 0 heterocycles.